The number of nitro groups is 1. The number of carbonyl (C=O) groups excluding carboxylic acids is 2. The summed E-state index contributed by atoms with van der Waals surface area (Å²) in [5.41, 5.74) is -1.26. The van der Waals surface area contributed by atoms with E-state index < -0.39 is 28.9 Å². The molecule has 0 aromatic heterocycles. The highest BCUT2D eigenvalue weighted by Gasteiger charge is 2.28. The van der Waals surface area contributed by atoms with Crippen LogP contribution < -0.4 is 0 Å². The number of likely N-dealkylation sites (N-methyl/N-ethyl adjacent to an activating group) is 1. The Kier molecular flexibility index (Phi) is 6.31. The van der Waals surface area contributed by atoms with Crippen molar-refractivity contribution in [1.82, 2.24) is 4.90 Å². The number of amides is 1. The molecule has 0 spiro atoms. The molecule has 0 saturated carbocycles. The summed E-state index contributed by atoms with van der Waals surface area (Å²) < 4.78 is 4.89. The lowest BCUT2D eigenvalue weighted by molar-refractivity contribution is -0.387. The lowest BCUT2D eigenvalue weighted by atomic mass is 10.1. The van der Waals surface area contributed by atoms with Gasteiger partial charge in [-0.05, 0) is 32.2 Å². The number of nitriles is 1. The fourth-order valence-corrected chi connectivity index (χ4v) is 2.20. The van der Waals surface area contributed by atoms with Crippen molar-refractivity contribution in [3.63, 3.8) is 0 Å². The zero-order chi connectivity index (χ0) is 18.5. The summed E-state index contributed by atoms with van der Waals surface area (Å²) in [6, 6.07) is 5.92. The number of nitrogens with zero attached hydrogens (tertiary/aromatic N) is 3. The molecule has 24 heavy (non-hydrogen) atoms. The number of hydrogen-bond donors (Lipinski definition) is 0. The second-order valence-corrected chi connectivity index (χ2v) is 6.19. The number of benzene rings is 1. The van der Waals surface area contributed by atoms with Crippen LogP contribution >= 0.6 is 11.8 Å². The van der Waals surface area contributed by atoms with Crippen molar-refractivity contribution >= 4 is 29.3 Å². The first-order valence-corrected chi connectivity index (χ1v) is 8.04. The van der Waals surface area contributed by atoms with Crippen LogP contribution in [0.5, 0.6) is 0 Å². The lowest BCUT2D eigenvalue weighted by Crippen LogP contribution is -2.45. The first-order chi connectivity index (χ1) is 11.1. The zero-order valence-electron chi connectivity index (χ0n) is 13.7. The predicted octanol–water partition coefficient (Wildman–Crippen LogP) is 2.23. The standard InChI is InChI=1S/C15H17N3O5S/c1-15(2,9-16)17(3)13(19)8-23-14(20)10-5-6-12(24-4)11(7-10)18(21)22/h5-7H,8H2,1-4H3. The molecule has 0 radical (unpaired) electrons. The second-order valence-electron chi connectivity index (χ2n) is 5.34. The van der Waals surface area contributed by atoms with Crippen LogP contribution in [0.2, 0.25) is 0 Å². The Morgan fingerprint density at radius 3 is 2.58 bits per heavy atom. The summed E-state index contributed by atoms with van der Waals surface area (Å²) in [5, 5.41) is 20.0. The molecule has 0 aliphatic heterocycles. The van der Waals surface area contributed by atoms with Crippen LogP contribution in [-0.4, -0.2) is 47.1 Å². The molecule has 0 fully saturated rings. The van der Waals surface area contributed by atoms with Gasteiger partial charge in [-0.3, -0.25) is 14.9 Å². The van der Waals surface area contributed by atoms with Gasteiger partial charge in [0, 0.05) is 13.1 Å². The Morgan fingerprint density at radius 2 is 2.08 bits per heavy atom. The van der Waals surface area contributed by atoms with Crippen molar-refractivity contribution in [2.24, 2.45) is 0 Å². The SMILES string of the molecule is CSc1ccc(C(=O)OCC(=O)N(C)C(C)(C)C#N)cc1[N+](=O)[O-]. The van der Waals surface area contributed by atoms with Crippen molar-refractivity contribution in [2.75, 3.05) is 19.9 Å². The molecule has 1 amide bonds. The van der Waals surface area contributed by atoms with Gasteiger partial charge in [-0.1, -0.05) is 0 Å². The first-order valence-electron chi connectivity index (χ1n) is 6.81. The quantitative estimate of drug-likeness (QED) is 0.334. The molecule has 1 aromatic rings. The van der Waals surface area contributed by atoms with E-state index in [1.807, 2.05) is 6.07 Å². The van der Waals surface area contributed by atoms with Crippen LogP contribution in [0, 0.1) is 21.4 Å². The van der Waals surface area contributed by atoms with Gasteiger partial charge in [-0.25, -0.2) is 4.79 Å². The number of rotatable bonds is 6. The minimum atomic E-state index is -1.04. The van der Waals surface area contributed by atoms with Crippen molar-refractivity contribution in [2.45, 2.75) is 24.3 Å². The molecule has 8 nitrogen and oxygen atoms in total. The molecule has 0 heterocycles. The van der Waals surface area contributed by atoms with E-state index in [0.717, 1.165) is 6.07 Å². The highest BCUT2D eigenvalue weighted by molar-refractivity contribution is 7.98. The van der Waals surface area contributed by atoms with E-state index in [0.29, 0.717) is 4.90 Å². The van der Waals surface area contributed by atoms with Crippen molar-refractivity contribution < 1.29 is 19.2 Å². The van der Waals surface area contributed by atoms with Gasteiger partial charge in [0.2, 0.25) is 0 Å². The number of nitro benzene ring substituents is 1. The molecule has 1 rings (SSSR count). The van der Waals surface area contributed by atoms with Gasteiger partial charge in [0.1, 0.15) is 5.54 Å². The van der Waals surface area contributed by atoms with Crippen LogP contribution in [0.15, 0.2) is 23.1 Å². The minimum Gasteiger partial charge on any atom is -0.452 e. The summed E-state index contributed by atoms with van der Waals surface area (Å²) in [6.07, 6.45) is 1.69. The first kappa shape index (κ1) is 19.4. The fourth-order valence-electron chi connectivity index (χ4n) is 1.65. The van der Waals surface area contributed by atoms with E-state index in [1.54, 1.807) is 20.1 Å². The molecule has 128 valence electrons. The van der Waals surface area contributed by atoms with E-state index in [2.05, 4.69) is 0 Å². The molecule has 0 aliphatic rings. The summed E-state index contributed by atoms with van der Waals surface area (Å²) in [5.74, 6) is -1.40. The number of ether oxygens (including phenoxy) is 1. The largest absolute Gasteiger partial charge is 0.452 e. The van der Waals surface area contributed by atoms with Gasteiger partial charge in [0.05, 0.1) is 21.5 Å². The molecule has 1 aromatic carbocycles. The third kappa shape index (κ3) is 4.45. The van der Waals surface area contributed by atoms with E-state index in [1.165, 1.54) is 35.8 Å². The maximum Gasteiger partial charge on any atom is 0.338 e. The zero-order valence-corrected chi connectivity index (χ0v) is 14.5. The van der Waals surface area contributed by atoms with Crippen LogP contribution in [-0.2, 0) is 9.53 Å². The van der Waals surface area contributed by atoms with E-state index in [-0.39, 0.29) is 11.3 Å². The number of hydrogen-bond acceptors (Lipinski definition) is 7. The summed E-state index contributed by atoms with van der Waals surface area (Å²) in [4.78, 5) is 35.9. The second kappa shape index (κ2) is 7.79. The number of thioether (sulfide) groups is 1. The van der Waals surface area contributed by atoms with Gasteiger partial charge in [0.15, 0.2) is 6.61 Å². The molecule has 0 aliphatic carbocycles. The van der Waals surface area contributed by atoms with Gasteiger partial charge < -0.3 is 9.64 Å². The summed E-state index contributed by atoms with van der Waals surface area (Å²) in [7, 11) is 1.43. The lowest BCUT2D eigenvalue weighted by Gasteiger charge is -2.28. The highest BCUT2D eigenvalue weighted by atomic mass is 32.2. The van der Waals surface area contributed by atoms with E-state index in [4.69, 9.17) is 10.00 Å². The van der Waals surface area contributed by atoms with E-state index >= 15 is 0 Å². The van der Waals surface area contributed by atoms with Crippen molar-refractivity contribution in [3.8, 4) is 6.07 Å². The molecule has 0 bridgehead atoms. The molecule has 9 heteroatoms. The van der Waals surface area contributed by atoms with Gasteiger partial charge in [0.25, 0.3) is 11.6 Å². The third-order valence-corrected chi connectivity index (χ3v) is 4.21. The molecular formula is C15H17N3O5S. The van der Waals surface area contributed by atoms with E-state index in [9.17, 15) is 19.7 Å². The highest BCUT2D eigenvalue weighted by Crippen LogP contribution is 2.28. The van der Waals surface area contributed by atoms with Crippen LogP contribution in [0.4, 0.5) is 5.69 Å². The third-order valence-electron chi connectivity index (χ3n) is 3.42. The van der Waals surface area contributed by atoms with Gasteiger partial charge in [-0.15, -0.1) is 11.8 Å². The number of carbonyl (C=O) groups is 2. The molecule has 0 atom stereocenters. The van der Waals surface area contributed by atoms with Crippen molar-refractivity contribution in [1.29, 1.82) is 5.26 Å². The molecular weight excluding hydrogens is 334 g/mol. The fraction of sp³-hybridized carbons (Fsp3) is 0.400. The van der Waals surface area contributed by atoms with Gasteiger partial charge >= 0.3 is 5.97 Å². The maximum atomic E-state index is 12.0. The topological polar surface area (TPSA) is 114 Å². The Hall–Kier alpha value is -2.60. The summed E-state index contributed by atoms with van der Waals surface area (Å²) >= 11 is 1.19. The average molecular weight is 351 g/mol. The maximum absolute atomic E-state index is 12.0. The normalized spacial score (nSPS) is 10.6. The van der Waals surface area contributed by atoms with Gasteiger partial charge in [-0.2, -0.15) is 5.26 Å². The van der Waals surface area contributed by atoms with Crippen molar-refractivity contribution in [3.05, 3.63) is 33.9 Å². The Labute approximate surface area is 143 Å². The van der Waals surface area contributed by atoms with Crippen LogP contribution in [0.25, 0.3) is 0 Å². The molecule has 0 N–H and O–H groups in total. The monoisotopic (exact) mass is 351 g/mol. The number of esters is 1. The van der Waals surface area contributed by atoms with Crippen LogP contribution in [0.3, 0.4) is 0 Å². The predicted molar refractivity (Wildman–Crippen MR) is 87.6 cm³/mol. The van der Waals surface area contributed by atoms with Crippen LogP contribution in [0.1, 0.15) is 24.2 Å². The average Bonchev–Trinajstić information content (AvgIpc) is 2.57. The Morgan fingerprint density at radius 1 is 1.46 bits per heavy atom. The Balaban J connectivity index is 2.83. The minimum absolute atomic E-state index is 0.0190. The summed E-state index contributed by atoms with van der Waals surface area (Å²) in [6.45, 7) is 2.55. The molecule has 0 saturated heterocycles. The molecule has 0 unspecified atom stereocenters. The smallest absolute Gasteiger partial charge is 0.338 e. The Bertz CT molecular complexity index is 712.